The number of benzene rings is 2. The first-order valence-corrected chi connectivity index (χ1v) is 10.9. The van der Waals surface area contributed by atoms with Gasteiger partial charge in [0.1, 0.15) is 11.5 Å². The second-order valence-electron chi connectivity index (χ2n) is 7.91. The number of anilines is 1. The van der Waals surface area contributed by atoms with Crippen LogP contribution in [0, 0.1) is 5.82 Å². The molecule has 1 fully saturated rings. The fraction of sp³-hybridized carbons (Fsp3) is 0.320. The molecule has 0 aliphatic carbocycles. The molecule has 6 nitrogen and oxygen atoms in total. The Bertz CT molecular complexity index is 1050. The van der Waals surface area contributed by atoms with E-state index in [2.05, 4.69) is 0 Å². The van der Waals surface area contributed by atoms with Gasteiger partial charge in [0, 0.05) is 13.1 Å². The van der Waals surface area contributed by atoms with Crippen molar-refractivity contribution < 1.29 is 23.5 Å². The van der Waals surface area contributed by atoms with Gasteiger partial charge in [-0.15, -0.1) is 0 Å². The highest BCUT2D eigenvalue weighted by Gasteiger charge is 2.42. The fourth-order valence-electron chi connectivity index (χ4n) is 4.06. The van der Waals surface area contributed by atoms with Gasteiger partial charge in [0.25, 0.3) is 11.8 Å². The number of amides is 2. The molecular formula is C25H25FN2O4. The topological polar surface area (TPSA) is 66.9 Å². The zero-order chi connectivity index (χ0) is 22.7. The Morgan fingerprint density at radius 2 is 1.59 bits per heavy atom. The summed E-state index contributed by atoms with van der Waals surface area (Å²) in [5.41, 5.74) is 1.87. The van der Waals surface area contributed by atoms with Crippen LogP contribution >= 0.6 is 0 Å². The van der Waals surface area contributed by atoms with E-state index in [-0.39, 0.29) is 5.57 Å². The normalized spacial score (nSPS) is 16.7. The average molecular weight is 436 g/mol. The predicted octanol–water partition coefficient (Wildman–Crippen LogP) is 4.16. The van der Waals surface area contributed by atoms with E-state index in [1.54, 1.807) is 24.3 Å². The molecule has 1 saturated heterocycles. The van der Waals surface area contributed by atoms with E-state index in [0.29, 0.717) is 42.2 Å². The highest BCUT2D eigenvalue weighted by atomic mass is 19.1. The van der Waals surface area contributed by atoms with Crippen molar-refractivity contribution >= 4 is 29.0 Å². The van der Waals surface area contributed by atoms with Gasteiger partial charge in [-0.25, -0.2) is 14.1 Å². The van der Waals surface area contributed by atoms with Crippen LogP contribution in [0.25, 0.3) is 5.57 Å². The van der Waals surface area contributed by atoms with Gasteiger partial charge in [-0.05, 0) is 67.6 Å². The summed E-state index contributed by atoms with van der Waals surface area (Å²) >= 11 is 0. The summed E-state index contributed by atoms with van der Waals surface area (Å²) in [5.74, 6) is -1.72. The van der Waals surface area contributed by atoms with E-state index in [4.69, 9.17) is 4.74 Å². The third-order valence-electron chi connectivity index (χ3n) is 5.66. The van der Waals surface area contributed by atoms with Crippen LogP contribution in [0.4, 0.5) is 10.1 Å². The summed E-state index contributed by atoms with van der Waals surface area (Å²) < 4.78 is 18.6. The molecule has 2 aliphatic rings. The molecule has 0 unspecified atom stereocenters. The maximum Gasteiger partial charge on any atom is 0.338 e. The second-order valence-corrected chi connectivity index (χ2v) is 7.91. The zero-order valence-corrected chi connectivity index (χ0v) is 18.0. The van der Waals surface area contributed by atoms with Gasteiger partial charge < -0.3 is 9.64 Å². The molecule has 0 spiro atoms. The predicted molar refractivity (Wildman–Crippen MR) is 118 cm³/mol. The van der Waals surface area contributed by atoms with Crippen molar-refractivity contribution in [2.45, 2.75) is 32.6 Å². The van der Waals surface area contributed by atoms with Crippen molar-refractivity contribution in [3.63, 3.8) is 0 Å². The highest BCUT2D eigenvalue weighted by molar-refractivity contribution is 6.45. The number of hydrogen-bond acceptors (Lipinski definition) is 5. The molecule has 0 saturated carbocycles. The molecule has 2 aliphatic heterocycles. The Morgan fingerprint density at radius 3 is 2.22 bits per heavy atom. The van der Waals surface area contributed by atoms with Crippen LogP contribution in [-0.2, 0) is 14.3 Å². The Morgan fingerprint density at radius 1 is 0.938 bits per heavy atom. The van der Waals surface area contributed by atoms with Gasteiger partial charge in [0.2, 0.25) is 0 Å². The summed E-state index contributed by atoms with van der Waals surface area (Å²) in [6.07, 6.45) is 3.68. The van der Waals surface area contributed by atoms with Crippen LogP contribution in [0.2, 0.25) is 0 Å². The maximum atomic E-state index is 13.5. The van der Waals surface area contributed by atoms with Crippen LogP contribution in [-0.4, -0.2) is 42.4 Å². The lowest BCUT2D eigenvalue weighted by molar-refractivity contribution is -0.120. The summed E-state index contributed by atoms with van der Waals surface area (Å²) in [7, 11) is 0. The number of halogens is 1. The molecule has 0 bridgehead atoms. The van der Waals surface area contributed by atoms with E-state index in [9.17, 15) is 18.8 Å². The Labute approximate surface area is 186 Å². The first-order valence-electron chi connectivity index (χ1n) is 10.9. The van der Waals surface area contributed by atoms with Gasteiger partial charge in [-0.3, -0.25) is 9.59 Å². The smallest absolute Gasteiger partial charge is 0.338 e. The number of ether oxygens (including phenoxy) is 1. The molecule has 0 radical (unpaired) electrons. The second kappa shape index (κ2) is 9.34. The zero-order valence-electron chi connectivity index (χ0n) is 18.0. The molecule has 2 amide bonds. The van der Waals surface area contributed by atoms with Crippen molar-refractivity contribution in [1.82, 2.24) is 4.90 Å². The molecule has 0 atom stereocenters. The van der Waals surface area contributed by atoms with Gasteiger partial charge in [-0.2, -0.15) is 0 Å². The number of nitrogens with zero attached hydrogens (tertiary/aromatic N) is 2. The molecule has 4 rings (SSSR count). The van der Waals surface area contributed by atoms with Crippen LogP contribution in [0.3, 0.4) is 0 Å². The molecule has 2 aromatic carbocycles. The number of rotatable bonds is 6. The summed E-state index contributed by atoms with van der Waals surface area (Å²) in [5, 5.41) is 0. The van der Waals surface area contributed by atoms with Gasteiger partial charge in [0.05, 0.1) is 23.4 Å². The Kier molecular flexibility index (Phi) is 6.35. The first kappa shape index (κ1) is 21.7. The molecule has 0 N–H and O–H groups in total. The number of imide groups is 1. The van der Waals surface area contributed by atoms with Crippen molar-refractivity contribution in [2.24, 2.45) is 0 Å². The maximum absolute atomic E-state index is 13.5. The van der Waals surface area contributed by atoms with Gasteiger partial charge in [-0.1, -0.05) is 19.1 Å². The first-order chi connectivity index (χ1) is 15.5. The lowest BCUT2D eigenvalue weighted by Crippen LogP contribution is -2.37. The third kappa shape index (κ3) is 4.15. The molecule has 166 valence electrons. The van der Waals surface area contributed by atoms with Gasteiger partial charge >= 0.3 is 5.97 Å². The number of likely N-dealkylation sites (tertiary alicyclic amines) is 1. The monoisotopic (exact) mass is 436 g/mol. The Hall–Kier alpha value is -3.48. The number of carbonyl (C=O) groups is 3. The lowest BCUT2D eigenvalue weighted by atomic mass is 10.0. The quantitative estimate of drug-likeness (QED) is 0.502. The number of hydrogen-bond donors (Lipinski definition) is 0. The molecule has 2 aromatic rings. The largest absolute Gasteiger partial charge is 0.462 e. The average Bonchev–Trinajstić information content (AvgIpc) is 3.08. The lowest BCUT2D eigenvalue weighted by Gasteiger charge is -2.29. The molecule has 0 aromatic heterocycles. The summed E-state index contributed by atoms with van der Waals surface area (Å²) in [6, 6.07) is 11.8. The summed E-state index contributed by atoms with van der Waals surface area (Å²) in [4.78, 5) is 42.1. The van der Waals surface area contributed by atoms with Crippen molar-refractivity contribution in [1.29, 1.82) is 0 Å². The number of esters is 1. The van der Waals surface area contributed by atoms with E-state index in [1.807, 2.05) is 11.8 Å². The van der Waals surface area contributed by atoms with Crippen LogP contribution in [0.5, 0.6) is 0 Å². The van der Waals surface area contributed by atoms with Crippen molar-refractivity contribution in [3.05, 3.63) is 71.2 Å². The molecule has 32 heavy (non-hydrogen) atoms. The summed E-state index contributed by atoms with van der Waals surface area (Å²) in [6.45, 7) is 3.62. The van der Waals surface area contributed by atoms with Crippen molar-refractivity contribution in [3.8, 4) is 0 Å². The molecule has 7 heteroatoms. The van der Waals surface area contributed by atoms with Crippen molar-refractivity contribution in [2.75, 3.05) is 24.6 Å². The minimum Gasteiger partial charge on any atom is -0.462 e. The van der Waals surface area contributed by atoms with Gasteiger partial charge in [0.15, 0.2) is 0 Å². The number of piperidine rings is 1. The molecule has 2 heterocycles. The number of carbonyl (C=O) groups excluding carboxylic acids is 3. The van der Waals surface area contributed by atoms with Crippen LogP contribution < -0.4 is 4.90 Å². The van der Waals surface area contributed by atoms with E-state index < -0.39 is 23.6 Å². The minimum atomic E-state index is -0.455. The van der Waals surface area contributed by atoms with E-state index in [0.717, 1.165) is 30.6 Å². The van der Waals surface area contributed by atoms with Crippen LogP contribution in [0.1, 0.15) is 48.5 Å². The Balaban J connectivity index is 1.68. The molecular weight excluding hydrogens is 411 g/mol. The minimum absolute atomic E-state index is 0.281. The SMILES string of the molecule is CCCOC(=O)c1ccc(N2C(=O)C(c3ccc(F)cc3)=C(N3CCCCC3)C2=O)cc1. The van der Waals surface area contributed by atoms with Crippen LogP contribution in [0.15, 0.2) is 54.2 Å². The third-order valence-corrected chi connectivity index (χ3v) is 5.66. The standard InChI is InChI=1S/C25H25FN2O4/c1-2-16-32-25(31)18-8-12-20(13-9-18)28-23(29)21(17-6-10-19(26)11-7-17)22(24(28)30)27-14-4-3-5-15-27/h6-13H,2-5,14-16H2,1H3. The highest BCUT2D eigenvalue weighted by Crippen LogP contribution is 2.36. The van der Waals surface area contributed by atoms with E-state index >= 15 is 0 Å². The van der Waals surface area contributed by atoms with E-state index in [1.165, 1.54) is 24.3 Å². The fourth-order valence-corrected chi connectivity index (χ4v) is 4.06.